The first-order valence-corrected chi connectivity index (χ1v) is 7.01. The Hall–Kier alpha value is -2.50. The minimum absolute atomic E-state index is 0.145. The Morgan fingerprint density at radius 2 is 1.83 bits per heavy atom. The van der Waals surface area contributed by atoms with E-state index in [2.05, 4.69) is 0 Å². The molecular weight excluding hydrogens is 307 g/mol. The molecule has 0 amide bonds. The molecule has 0 saturated carbocycles. The fraction of sp³-hybridized carbons (Fsp3) is 0.235. The lowest BCUT2D eigenvalue weighted by molar-refractivity contribution is -0.165. The zero-order valence-corrected chi connectivity index (χ0v) is 12.7. The number of benzene rings is 2. The Morgan fingerprint density at radius 1 is 1.17 bits per heavy atom. The standard InChI is InChI=1S/C17H16F3NO2/c1-3-23-16(11-15(22)17(18,19)20)21(2)14-10-6-8-12-7-4-5-9-13(12)14/h4-11H,3H2,1-2H3/b16-11+. The fourth-order valence-electron chi connectivity index (χ4n) is 2.20. The van der Waals surface area contributed by atoms with Crippen LogP contribution in [0.5, 0.6) is 0 Å². The number of hydrogen-bond acceptors (Lipinski definition) is 3. The van der Waals surface area contributed by atoms with Gasteiger partial charge < -0.3 is 9.64 Å². The first-order chi connectivity index (χ1) is 10.8. The number of hydrogen-bond donors (Lipinski definition) is 0. The van der Waals surface area contributed by atoms with Gasteiger partial charge in [0, 0.05) is 12.4 Å². The predicted octanol–water partition coefficient (Wildman–Crippen LogP) is 4.29. The van der Waals surface area contributed by atoms with Crippen molar-refractivity contribution in [1.29, 1.82) is 0 Å². The molecule has 122 valence electrons. The topological polar surface area (TPSA) is 29.5 Å². The van der Waals surface area contributed by atoms with E-state index >= 15 is 0 Å². The van der Waals surface area contributed by atoms with Crippen molar-refractivity contribution in [3.8, 4) is 0 Å². The normalized spacial score (nSPS) is 12.3. The Bertz CT molecular complexity index is 733. The van der Waals surface area contributed by atoms with E-state index in [4.69, 9.17) is 4.74 Å². The van der Waals surface area contributed by atoms with Crippen LogP contribution in [0.1, 0.15) is 6.92 Å². The third-order valence-corrected chi connectivity index (χ3v) is 3.28. The molecule has 23 heavy (non-hydrogen) atoms. The SMILES string of the molecule is CCO/C(=C/C(=O)C(F)(F)F)N(C)c1cccc2ccccc12. The van der Waals surface area contributed by atoms with Crippen molar-refractivity contribution in [2.45, 2.75) is 13.1 Å². The molecule has 2 rings (SSSR count). The van der Waals surface area contributed by atoms with Crippen molar-refractivity contribution in [1.82, 2.24) is 0 Å². The summed E-state index contributed by atoms with van der Waals surface area (Å²) in [6, 6.07) is 12.9. The minimum atomic E-state index is -4.93. The minimum Gasteiger partial charge on any atom is -0.479 e. The Kier molecular flexibility index (Phi) is 4.93. The van der Waals surface area contributed by atoms with Gasteiger partial charge in [0.25, 0.3) is 5.78 Å². The number of allylic oxidation sites excluding steroid dienone is 1. The lowest BCUT2D eigenvalue weighted by Gasteiger charge is -2.24. The van der Waals surface area contributed by atoms with Crippen LogP contribution < -0.4 is 4.90 Å². The van der Waals surface area contributed by atoms with E-state index in [0.29, 0.717) is 11.8 Å². The van der Waals surface area contributed by atoms with Gasteiger partial charge in [-0.25, -0.2) is 0 Å². The van der Waals surface area contributed by atoms with Gasteiger partial charge in [-0.15, -0.1) is 0 Å². The molecule has 3 nitrogen and oxygen atoms in total. The van der Waals surface area contributed by atoms with E-state index in [1.807, 2.05) is 30.3 Å². The van der Waals surface area contributed by atoms with Crippen LogP contribution in [0.15, 0.2) is 54.4 Å². The highest BCUT2D eigenvalue weighted by Crippen LogP contribution is 2.29. The molecule has 0 fully saturated rings. The van der Waals surface area contributed by atoms with Crippen molar-refractivity contribution < 1.29 is 22.7 Å². The Labute approximate surface area is 132 Å². The van der Waals surface area contributed by atoms with Crippen LogP contribution in [0.2, 0.25) is 0 Å². The van der Waals surface area contributed by atoms with Crippen LogP contribution in [0, 0.1) is 0 Å². The summed E-state index contributed by atoms with van der Waals surface area (Å²) in [5.74, 6) is -2.10. The van der Waals surface area contributed by atoms with Crippen LogP contribution in [0.3, 0.4) is 0 Å². The number of rotatable bonds is 5. The second-order valence-electron chi connectivity index (χ2n) is 4.83. The highest BCUT2D eigenvalue weighted by Gasteiger charge is 2.37. The maximum absolute atomic E-state index is 12.5. The smallest absolute Gasteiger partial charge is 0.454 e. The lowest BCUT2D eigenvalue weighted by Crippen LogP contribution is -2.25. The van der Waals surface area contributed by atoms with Gasteiger partial charge in [-0.2, -0.15) is 13.2 Å². The molecule has 0 aliphatic carbocycles. The highest BCUT2D eigenvalue weighted by molar-refractivity contribution is 5.97. The third-order valence-electron chi connectivity index (χ3n) is 3.28. The first-order valence-electron chi connectivity index (χ1n) is 7.01. The van der Waals surface area contributed by atoms with Gasteiger partial charge in [-0.05, 0) is 18.4 Å². The maximum atomic E-state index is 12.5. The Morgan fingerprint density at radius 3 is 2.48 bits per heavy atom. The molecule has 0 unspecified atom stereocenters. The molecule has 0 aromatic heterocycles. The predicted molar refractivity (Wildman–Crippen MR) is 83.1 cm³/mol. The number of ketones is 1. The van der Waals surface area contributed by atoms with E-state index in [1.54, 1.807) is 26.1 Å². The van der Waals surface area contributed by atoms with E-state index in [9.17, 15) is 18.0 Å². The van der Waals surface area contributed by atoms with Crippen LogP contribution in [-0.4, -0.2) is 25.6 Å². The van der Waals surface area contributed by atoms with Gasteiger partial charge in [0.2, 0.25) is 0 Å². The molecule has 0 heterocycles. The molecule has 6 heteroatoms. The van der Waals surface area contributed by atoms with E-state index in [-0.39, 0.29) is 12.5 Å². The van der Waals surface area contributed by atoms with Crippen molar-refractivity contribution >= 4 is 22.2 Å². The molecule has 0 aliphatic rings. The molecule has 2 aromatic carbocycles. The molecule has 0 bridgehead atoms. The molecule has 0 saturated heterocycles. The molecule has 0 N–H and O–H groups in total. The van der Waals surface area contributed by atoms with Crippen LogP contribution in [-0.2, 0) is 9.53 Å². The monoisotopic (exact) mass is 323 g/mol. The number of halogens is 3. The summed E-state index contributed by atoms with van der Waals surface area (Å²) in [7, 11) is 1.56. The van der Waals surface area contributed by atoms with Crippen molar-refractivity contribution in [2.24, 2.45) is 0 Å². The van der Waals surface area contributed by atoms with Crippen LogP contribution in [0.4, 0.5) is 18.9 Å². The van der Waals surface area contributed by atoms with Gasteiger partial charge >= 0.3 is 6.18 Å². The number of carbonyl (C=O) groups is 1. The number of carbonyl (C=O) groups excluding carboxylic acids is 1. The summed E-state index contributed by atoms with van der Waals surface area (Å²) in [5, 5.41) is 1.79. The summed E-state index contributed by atoms with van der Waals surface area (Å²) < 4.78 is 42.7. The highest BCUT2D eigenvalue weighted by atomic mass is 19.4. The number of fused-ring (bicyclic) bond motifs is 1. The van der Waals surface area contributed by atoms with Crippen molar-refractivity contribution in [2.75, 3.05) is 18.6 Å². The van der Waals surface area contributed by atoms with Gasteiger partial charge in [0.15, 0.2) is 5.88 Å². The summed E-state index contributed by atoms with van der Waals surface area (Å²) in [4.78, 5) is 12.7. The first kappa shape index (κ1) is 16.9. The fourth-order valence-corrected chi connectivity index (χ4v) is 2.20. The molecule has 0 spiro atoms. The summed E-state index contributed by atoms with van der Waals surface area (Å²) in [6.45, 7) is 1.79. The number of anilines is 1. The van der Waals surface area contributed by atoms with Gasteiger partial charge in [0.1, 0.15) is 0 Å². The molecule has 2 aromatic rings. The average molecular weight is 323 g/mol. The summed E-state index contributed by atoms with van der Waals surface area (Å²) in [5.41, 5.74) is 0.651. The largest absolute Gasteiger partial charge is 0.479 e. The van der Waals surface area contributed by atoms with E-state index in [1.165, 1.54) is 4.90 Å². The maximum Gasteiger partial charge on any atom is 0.454 e. The van der Waals surface area contributed by atoms with Crippen molar-refractivity contribution in [3.05, 3.63) is 54.4 Å². The second-order valence-corrected chi connectivity index (χ2v) is 4.83. The second kappa shape index (κ2) is 6.73. The average Bonchev–Trinajstić information content (AvgIpc) is 2.52. The van der Waals surface area contributed by atoms with Gasteiger partial charge in [-0.3, -0.25) is 4.79 Å². The number of nitrogens with zero attached hydrogens (tertiary/aromatic N) is 1. The van der Waals surface area contributed by atoms with Crippen LogP contribution in [0.25, 0.3) is 10.8 Å². The van der Waals surface area contributed by atoms with Crippen molar-refractivity contribution in [3.63, 3.8) is 0 Å². The zero-order chi connectivity index (χ0) is 17.0. The molecular formula is C17H16F3NO2. The molecule has 0 atom stereocenters. The molecule has 0 aliphatic heterocycles. The lowest BCUT2D eigenvalue weighted by atomic mass is 10.1. The van der Waals surface area contributed by atoms with E-state index < -0.39 is 12.0 Å². The summed E-state index contributed by atoms with van der Waals surface area (Å²) in [6.07, 6.45) is -4.45. The quantitative estimate of drug-likeness (QED) is 0.607. The third kappa shape index (κ3) is 3.83. The van der Waals surface area contributed by atoms with E-state index in [0.717, 1.165) is 10.8 Å². The molecule has 0 radical (unpaired) electrons. The van der Waals surface area contributed by atoms with Gasteiger partial charge in [-0.1, -0.05) is 36.4 Å². The number of ether oxygens (including phenoxy) is 1. The Balaban J connectivity index is 2.47. The summed E-state index contributed by atoms with van der Waals surface area (Å²) >= 11 is 0. The zero-order valence-electron chi connectivity index (χ0n) is 12.7. The van der Waals surface area contributed by atoms with Crippen LogP contribution >= 0.6 is 0 Å². The van der Waals surface area contributed by atoms with Gasteiger partial charge in [0.05, 0.1) is 18.4 Å². The number of alkyl halides is 3.